The van der Waals surface area contributed by atoms with E-state index in [4.69, 9.17) is 10.2 Å². The molecule has 3 nitrogen and oxygen atoms in total. The minimum atomic E-state index is 0.397. The van der Waals surface area contributed by atoms with Crippen molar-refractivity contribution in [2.45, 2.75) is 11.4 Å². The number of rotatable bonds is 3. The van der Waals surface area contributed by atoms with Gasteiger partial charge in [-0.15, -0.1) is 11.8 Å². The summed E-state index contributed by atoms with van der Waals surface area (Å²) in [6.45, 7) is 0.397. The van der Waals surface area contributed by atoms with E-state index < -0.39 is 0 Å². The fourth-order valence-electron chi connectivity index (χ4n) is 1.47. The fourth-order valence-corrected chi connectivity index (χ4v) is 2.06. The van der Waals surface area contributed by atoms with Gasteiger partial charge < -0.3 is 10.2 Å². The molecule has 0 amide bonds. The van der Waals surface area contributed by atoms with E-state index in [0.29, 0.717) is 6.54 Å². The van der Waals surface area contributed by atoms with Crippen LogP contribution in [0.2, 0.25) is 0 Å². The largest absolute Gasteiger partial charge is 0.443 e. The SMILES string of the molecule is CSc1ccccc1-c1ocnc1CN. The molecule has 0 aliphatic heterocycles. The Balaban J connectivity index is 2.53. The number of hydrogen-bond donors (Lipinski definition) is 1. The maximum Gasteiger partial charge on any atom is 0.181 e. The molecular formula is C11H12N2OS. The minimum Gasteiger partial charge on any atom is -0.443 e. The highest BCUT2D eigenvalue weighted by Crippen LogP contribution is 2.31. The molecule has 0 saturated heterocycles. The van der Waals surface area contributed by atoms with Crippen LogP contribution in [0, 0.1) is 0 Å². The van der Waals surface area contributed by atoms with Gasteiger partial charge in [-0.25, -0.2) is 4.98 Å². The van der Waals surface area contributed by atoms with Crippen LogP contribution in [0.3, 0.4) is 0 Å². The number of nitrogens with zero attached hydrogens (tertiary/aromatic N) is 1. The fraction of sp³-hybridized carbons (Fsp3) is 0.182. The van der Waals surface area contributed by atoms with Crippen LogP contribution in [0.15, 0.2) is 40.0 Å². The van der Waals surface area contributed by atoms with E-state index in [1.807, 2.05) is 24.5 Å². The van der Waals surface area contributed by atoms with E-state index in [-0.39, 0.29) is 0 Å². The summed E-state index contributed by atoms with van der Waals surface area (Å²) in [4.78, 5) is 5.26. The molecule has 2 aromatic rings. The number of nitrogens with two attached hydrogens (primary N) is 1. The normalized spacial score (nSPS) is 10.5. The van der Waals surface area contributed by atoms with Gasteiger partial charge in [-0.1, -0.05) is 18.2 Å². The predicted octanol–water partition coefficient (Wildman–Crippen LogP) is 2.52. The quantitative estimate of drug-likeness (QED) is 0.807. The first-order chi connectivity index (χ1) is 7.36. The second-order valence-electron chi connectivity index (χ2n) is 3.03. The molecule has 0 bridgehead atoms. The number of benzene rings is 1. The first kappa shape index (κ1) is 10.3. The zero-order valence-corrected chi connectivity index (χ0v) is 9.25. The van der Waals surface area contributed by atoms with Crippen LogP contribution in [-0.4, -0.2) is 11.2 Å². The van der Waals surface area contributed by atoms with Crippen molar-refractivity contribution in [1.29, 1.82) is 0 Å². The molecule has 0 aliphatic carbocycles. The molecule has 0 fully saturated rings. The van der Waals surface area contributed by atoms with Crippen molar-refractivity contribution in [3.63, 3.8) is 0 Å². The van der Waals surface area contributed by atoms with Crippen molar-refractivity contribution in [2.75, 3.05) is 6.26 Å². The summed E-state index contributed by atoms with van der Waals surface area (Å²) in [5.74, 6) is 0.780. The molecule has 78 valence electrons. The van der Waals surface area contributed by atoms with Gasteiger partial charge in [-0.2, -0.15) is 0 Å². The van der Waals surface area contributed by atoms with Crippen molar-refractivity contribution in [1.82, 2.24) is 4.98 Å². The summed E-state index contributed by atoms with van der Waals surface area (Å²) in [6.07, 6.45) is 3.48. The Morgan fingerprint density at radius 1 is 1.40 bits per heavy atom. The molecule has 0 aliphatic rings. The first-order valence-corrected chi connectivity index (χ1v) is 5.85. The van der Waals surface area contributed by atoms with Crippen LogP contribution >= 0.6 is 11.8 Å². The second-order valence-corrected chi connectivity index (χ2v) is 3.88. The third-order valence-electron chi connectivity index (χ3n) is 2.19. The highest BCUT2D eigenvalue weighted by atomic mass is 32.2. The van der Waals surface area contributed by atoms with Crippen molar-refractivity contribution in [3.05, 3.63) is 36.4 Å². The molecule has 15 heavy (non-hydrogen) atoms. The average Bonchev–Trinajstić information content (AvgIpc) is 2.76. The number of thioether (sulfide) groups is 1. The highest BCUT2D eigenvalue weighted by molar-refractivity contribution is 7.98. The number of hydrogen-bond acceptors (Lipinski definition) is 4. The van der Waals surface area contributed by atoms with Gasteiger partial charge in [-0.3, -0.25) is 0 Å². The van der Waals surface area contributed by atoms with Gasteiger partial charge in [0.2, 0.25) is 0 Å². The Labute approximate surface area is 92.7 Å². The number of aromatic nitrogens is 1. The van der Waals surface area contributed by atoms with Crippen LogP contribution in [0.1, 0.15) is 5.69 Å². The third kappa shape index (κ3) is 1.91. The van der Waals surface area contributed by atoms with Crippen molar-refractivity contribution < 1.29 is 4.42 Å². The zero-order valence-electron chi connectivity index (χ0n) is 8.43. The Kier molecular flexibility index (Phi) is 3.08. The van der Waals surface area contributed by atoms with Gasteiger partial charge >= 0.3 is 0 Å². The molecule has 0 unspecified atom stereocenters. The molecule has 1 heterocycles. The van der Waals surface area contributed by atoms with Gasteiger partial charge in [-0.05, 0) is 12.3 Å². The Morgan fingerprint density at radius 3 is 2.93 bits per heavy atom. The molecule has 0 spiro atoms. The molecule has 4 heteroatoms. The van der Waals surface area contributed by atoms with Gasteiger partial charge in [0, 0.05) is 17.0 Å². The average molecular weight is 220 g/mol. The van der Waals surface area contributed by atoms with Gasteiger partial charge in [0.15, 0.2) is 12.2 Å². The minimum absolute atomic E-state index is 0.397. The molecule has 0 atom stereocenters. The Morgan fingerprint density at radius 2 is 2.20 bits per heavy atom. The highest BCUT2D eigenvalue weighted by Gasteiger charge is 2.12. The van der Waals surface area contributed by atoms with Crippen LogP contribution in [0.4, 0.5) is 0 Å². The van der Waals surface area contributed by atoms with Crippen molar-refractivity contribution in [2.24, 2.45) is 5.73 Å². The maximum absolute atomic E-state index is 5.59. The summed E-state index contributed by atoms with van der Waals surface area (Å²) in [6, 6.07) is 8.07. The van der Waals surface area contributed by atoms with E-state index in [0.717, 1.165) is 17.0 Å². The second kappa shape index (κ2) is 4.51. The summed E-state index contributed by atoms with van der Waals surface area (Å²) in [5.41, 5.74) is 7.46. The first-order valence-electron chi connectivity index (χ1n) is 4.62. The smallest absolute Gasteiger partial charge is 0.181 e. The predicted molar refractivity (Wildman–Crippen MR) is 61.6 cm³/mol. The zero-order chi connectivity index (χ0) is 10.7. The molecule has 0 radical (unpaired) electrons. The molecule has 1 aromatic heterocycles. The lowest BCUT2D eigenvalue weighted by atomic mass is 10.1. The maximum atomic E-state index is 5.59. The van der Waals surface area contributed by atoms with Crippen molar-refractivity contribution >= 4 is 11.8 Å². The van der Waals surface area contributed by atoms with E-state index in [2.05, 4.69) is 11.1 Å². The summed E-state index contributed by atoms with van der Waals surface area (Å²) < 4.78 is 5.38. The topological polar surface area (TPSA) is 52.0 Å². The molecule has 1 aromatic carbocycles. The standard InChI is InChI=1S/C11H12N2OS/c1-15-10-5-3-2-4-8(10)11-9(6-12)13-7-14-11/h2-5,7H,6,12H2,1H3. The van der Waals surface area contributed by atoms with Gasteiger partial charge in [0.25, 0.3) is 0 Å². The van der Waals surface area contributed by atoms with Gasteiger partial charge in [0.1, 0.15) is 5.69 Å². The lowest BCUT2D eigenvalue weighted by Crippen LogP contribution is -1.98. The van der Waals surface area contributed by atoms with Crippen LogP contribution in [0.5, 0.6) is 0 Å². The monoisotopic (exact) mass is 220 g/mol. The molecule has 2 N–H and O–H groups in total. The summed E-state index contributed by atoms with van der Waals surface area (Å²) >= 11 is 1.68. The van der Waals surface area contributed by atoms with E-state index in [9.17, 15) is 0 Å². The number of oxazole rings is 1. The molecule has 0 saturated carbocycles. The summed E-state index contributed by atoms with van der Waals surface area (Å²) in [7, 11) is 0. The van der Waals surface area contributed by atoms with Crippen molar-refractivity contribution in [3.8, 4) is 11.3 Å². The Hall–Kier alpha value is -1.26. The molecule has 2 rings (SSSR count). The van der Waals surface area contributed by atoms with Crippen LogP contribution < -0.4 is 5.73 Å². The van der Waals surface area contributed by atoms with E-state index in [1.165, 1.54) is 11.3 Å². The Bertz CT molecular complexity index is 453. The molecular weight excluding hydrogens is 208 g/mol. The summed E-state index contributed by atoms with van der Waals surface area (Å²) in [5, 5.41) is 0. The lowest BCUT2D eigenvalue weighted by molar-refractivity contribution is 0.569. The van der Waals surface area contributed by atoms with Crippen LogP contribution in [-0.2, 0) is 6.54 Å². The van der Waals surface area contributed by atoms with E-state index >= 15 is 0 Å². The third-order valence-corrected chi connectivity index (χ3v) is 2.98. The van der Waals surface area contributed by atoms with Crippen LogP contribution in [0.25, 0.3) is 11.3 Å². The van der Waals surface area contributed by atoms with E-state index in [1.54, 1.807) is 11.8 Å². The van der Waals surface area contributed by atoms with Gasteiger partial charge in [0.05, 0.1) is 0 Å². The lowest BCUT2D eigenvalue weighted by Gasteiger charge is -2.04.